The summed E-state index contributed by atoms with van der Waals surface area (Å²) < 4.78 is 5.87. The summed E-state index contributed by atoms with van der Waals surface area (Å²) in [6, 6.07) is 5.16. The van der Waals surface area contributed by atoms with Crippen LogP contribution in [0.3, 0.4) is 0 Å². The Bertz CT molecular complexity index is 747. The van der Waals surface area contributed by atoms with Gasteiger partial charge in [0.2, 0.25) is 5.95 Å². The SMILES string of the molecule is NC(=O)N1CCN(CCc2ncccc2OCc2ccnc(N)n2)CC1. The maximum Gasteiger partial charge on any atom is 0.314 e. The zero-order valence-corrected chi connectivity index (χ0v) is 14.5. The molecule has 0 unspecified atom stereocenters. The number of ether oxygens (including phenoxy) is 1. The molecule has 0 aliphatic carbocycles. The summed E-state index contributed by atoms with van der Waals surface area (Å²) in [6.07, 6.45) is 4.13. The quantitative estimate of drug-likeness (QED) is 0.760. The van der Waals surface area contributed by atoms with Gasteiger partial charge in [-0.3, -0.25) is 9.88 Å². The van der Waals surface area contributed by atoms with Crippen LogP contribution in [0.2, 0.25) is 0 Å². The van der Waals surface area contributed by atoms with Gasteiger partial charge < -0.3 is 21.1 Å². The fourth-order valence-electron chi connectivity index (χ4n) is 2.84. The summed E-state index contributed by atoms with van der Waals surface area (Å²) in [5.74, 6) is 0.966. The molecule has 0 saturated carbocycles. The van der Waals surface area contributed by atoms with Crippen molar-refractivity contribution in [2.45, 2.75) is 13.0 Å². The lowest BCUT2D eigenvalue weighted by Crippen LogP contribution is -2.50. The first-order chi connectivity index (χ1) is 12.6. The summed E-state index contributed by atoms with van der Waals surface area (Å²) in [5, 5.41) is 0. The minimum atomic E-state index is -0.351. The number of hydrogen-bond donors (Lipinski definition) is 2. The monoisotopic (exact) mass is 357 g/mol. The van der Waals surface area contributed by atoms with Gasteiger partial charge in [-0.2, -0.15) is 0 Å². The van der Waals surface area contributed by atoms with Crippen LogP contribution in [0.4, 0.5) is 10.7 Å². The number of rotatable bonds is 6. The lowest BCUT2D eigenvalue weighted by molar-refractivity contribution is 0.145. The fraction of sp³-hybridized carbons (Fsp3) is 0.412. The number of pyridine rings is 1. The number of piperazine rings is 1. The van der Waals surface area contributed by atoms with Crippen LogP contribution in [-0.2, 0) is 13.0 Å². The minimum absolute atomic E-state index is 0.229. The highest BCUT2D eigenvalue weighted by atomic mass is 16.5. The number of nitrogen functional groups attached to an aromatic ring is 1. The first-order valence-electron chi connectivity index (χ1n) is 8.52. The summed E-state index contributed by atoms with van der Waals surface area (Å²) in [6.45, 7) is 4.10. The summed E-state index contributed by atoms with van der Waals surface area (Å²) in [7, 11) is 0. The third-order valence-electron chi connectivity index (χ3n) is 4.30. The molecule has 2 amide bonds. The van der Waals surface area contributed by atoms with Crippen molar-refractivity contribution < 1.29 is 9.53 Å². The minimum Gasteiger partial charge on any atom is -0.485 e. The molecule has 0 spiro atoms. The van der Waals surface area contributed by atoms with Gasteiger partial charge in [-0.15, -0.1) is 0 Å². The van der Waals surface area contributed by atoms with Crippen LogP contribution >= 0.6 is 0 Å². The van der Waals surface area contributed by atoms with E-state index in [1.807, 2.05) is 12.1 Å². The van der Waals surface area contributed by atoms with Gasteiger partial charge in [0, 0.05) is 51.5 Å². The molecular weight excluding hydrogens is 334 g/mol. The molecular formula is C17H23N7O2. The largest absolute Gasteiger partial charge is 0.485 e. The molecule has 0 radical (unpaired) electrons. The van der Waals surface area contributed by atoms with Gasteiger partial charge in [0.1, 0.15) is 12.4 Å². The number of carbonyl (C=O) groups is 1. The van der Waals surface area contributed by atoms with Gasteiger partial charge in [0.25, 0.3) is 0 Å². The van der Waals surface area contributed by atoms with E-state index in [9.17, 15) is 4.79 Å². The van der Waals surface area contributed by atoms with Crippen molar-refractivity contribution in [1.82, 2.24) is 24.8 Å². The third kappa shape index (κ3) is 4.79. The fourth-order valence-corrected chi connectivity index (χ4v) is 2.84. The Morgan fingerprint density at radius 1 is 1.15 bits per heavy atom. The molecule has 0 aromatic carbocycles. The number of hydrogen-bond acceptors (Lipinski definition) is 7. The number of amides is 2. The number of nitrogens with zero attached hydrogens (tertiary/aromatic N) is 5. The highest BCUT2D eigenvalue weighted by Gasteiger charge is 2.19. The standard InChI is InChI=1S/C17H23N7O2/c18-16-21-6-3-13(22-16)12-26-15-2-1-5-20-14(15)4-7-23-8-10-24(11-9-23)17(19)25/h1-3,5-6H,4,7-12H2,(H2,19,25)(H2,18,21,22). The predicted molar refractivity (Wildman–Crippen MR) is 96.3 cm³/mol. The predicted octanol–water partition coefficient (Wildman–Crippen LogP) is 0.272. The Morgan fingerprint density at radius 2 is 1.96 bits per heavy atom. The van der Waals surface area contributed by atoms with Crippen molar-refractivity contribution in [3.8, 4) is 5.75 Å². The van der Waals surface area contributed by atoms with Crippen LogP contribution in [0.5, 0.6) is 5.75 Å². The van der Waals surface area contributed by atoms with E-state index in [2.05, 4.69) is 19.9 Å². The van der Waals surface area contributed by atoms with Crippen LogP contribution in [0, 0.1) is 0 Å². The van der Waals surface area contributed by atoms with E-state index in [1.54, 1.807) is 23.4 Å². The summed E-state index contributed by atoms with van der Waals surface area (Å²) in [4.78, 5) is 27.6. The van der Waals surface area contributed by atoms with E-state index in [-0.39, 0.29) is 12.0 Å². The Labute approximate surface area is 152 Å². The zero-order valence-electron chi connectivity index (χ0n) is 14.5. The molecule has 0 bridgehead atoms. The summed E-state index contributed by atoms with van der Waals surface area (Å²) in [5.41, 5.74) is 12.5. The first kappa shape index (κ1) is 17.9. The van der Waals surface area contributed by atoms with Crippen molar-refractivity contribution in [3.63, 3.8) is 0 Å². The number of anilines is 1. The van der Waals surface area contributed by atoms with Gasteiger partial charge in [0.05, 0.1) is 11.4 Å². The normalized spacial score (nSPS) is 15.0. The molecule has 4 N–H and O–H groups in total. The van der Waals surface area contributed by atoms with E-state index in [0.29, 0.717) is 19.7 Å². The Balaban J connectivity index is 1.53. The van der Waals surface area contributed by atoms with Crippen molar-refractivity contribution in [1.29, 1.82) is 0 Å². The molecule has 9 heteroatoms. The van der Waals surface area contributed by atoms with Gasteiger partial charge >= 0.3 is 6.03 Å². The van der Waals surface area contributed by atoms with Crippen LogP contribution < -0.4 is 16.2 Å². The van der Waals surface area contributed by atoms with Crippen molar-refractivity contribution in [3.05, 3.63) is 42.0 Å². The highest BCUT2D eigenvalue weighted by molar-refractivity contribution is 5.72. The maximum absolute atomic E-state index is 11.2. The zero-order chi connectivity index (χ0) is 18.4. The number of aromatic nitrogens is 3. The number of primary amides is 1. The van der Waals surface area contributed by atoms with Crippen molar-refractivity contribution >= 4 is 12.0 Å². The average molecular weight is 357 g/mol. The molecule has 2 aromatic heterocycles. The van der Waals surface area contributed by atoms with E-state index >= 15 is 0 Å². The molecule has 3 rings (SSSR count). The van der Waals surface area contributed by atoms with Gasteiger partial charge in [-0.1, -0.05) is 0 Å². The molecule has 1 aliphatic rings. The van der Waals surface area contributed by atoms with Gasteiger partial charge in [-0.05, 0) is 18.2 Å². The molecule has 2 aromatic rings. The second-order valence-electron chi connectivity index (χ2n) is 6.06. The smallest absolute Gasteiger partial charge is 0.314 e. The number of carbonyl (C=O) groups excluding carboxylic acids is 1. The van der Waals surface area contributed by atoms with Gasteiger partial charge in [-0.25, -0.2) is 14.8 Å². The molecule has 0 atom stereocenters. The van der Waals surface area contributed by atoms with E-state index in [1.165, 1.54) is 0 Å². The third-order valence-corrected chi connectivity index (χ3v) is 4.30. The Morgan fingerprint density at radius 3 is 2.69 bits per heavy atom. The van der Waals surface area contributed by atoms with E-state index in [4.69, 9.17) is 16.2 Å². The molecule has 9 nitrogen and oxygen atoms in total. The van der Waals surface area contributed by atoms with Crippen LogP contribution in [0.15, 0.2) is 30.6 Å². The second kappa shape index (κ2) is 8.43. The second-order valence-corrected chi connectivity index (χ2v) is 6.06. The molecule has 138 valence electrons. The van der Waals surface area contributed by atoms with Crippen LogP contribution in [0.1, 0.15) is 11.4 Å². The Kier molecular flexibility index (Phi) is 5.80. The average Bonchev–Trinajstić information content (AvgIpc) is 2.66. The van der Waals surface area contributed by atoms with Gasteiger partial charge in [0.15, 0.2) is 0 Å². The van der Waals surface area contributed by atoms with Crippen LogP contribution in [0.25, 0.3) is 0 Å². The molecule has 1 fully saturated rings. The summed E-state index contributed by atoms with van der Waals surface area (Å²) >= 11 is 0. The molecule has 26 heavy (non-hydrogen) atoms. The lowest BCUT2D eigenvalue weighted by Gasteiger charge is -2.33. The van der Waals surface area contributed by atoms with Crippen molar-refractivity contribution in [2.24, 2.45) is 5.73 Å². The first-order valence-corrected chi connectivity index (χ1v) is 8.52. The topological polar surface area (TPSA) is 123 Å². The molecule has 3 heterocycles. The Hall–Kier alpha value is -2.94. The number of urea groups is 1. The van der Waals surface area contributed by atoms with E-state index < -0.39 is 0 Å². The molecule has 1 aliphatic heterocycles. The lowest BCUT2D eigenvalue weighted by atomic mass is 10.2. The van der Waals surface area contributed by atoms with E-state index in [0.717, 1.165) is 43.2 Å². The number of nitrogens with two attached hydrogens (primary N) is 2. The van der Waals surface area contributed by atoms with Crippen molar-refractivity contribution in [2.75, 3.05) is 38.5 Å². The molecule has 1 saturated heterocycles. The highest BCUT2D eigenvalue weighted by Crippen LogP contribution is 2.18. The van der Waals surface area contributed by atoms with Crippen LogP contribution in [-0.4, -0.2) is 63.5 Å². The maximum atomic E-state index is 11.2.